The summed E-state index contributed by atoms with van der Waals surface area (Å²) in [6, 6.07) is 0.232. The van der Waals surface area contributed by atoms with Crippen molar-refractivity contribution in [1.29, 1.82) is 0 Å². The molecule has 0 aliphatic carbocycles. The SMILES string of the molecule is CCC(CC)CCC(N)COC. The van der Waals surface area contributed by atoms with Crippen LogP contribution in [0.5, 0.6) is 0 Å². The Hall–Kier alpha value is -0.0800. The van der Waals surface area contributed by atoms with Gasteiger partial charge in [-0.3, -0.25) is 0 Å². The van der Waals surface area contributed by atoms with E-state index in [1.807, 2.05) is 0 Å². The van der Waals surface area contributed by atoms with Gasteiger partial charge in [-0.1, -0.05) is 26.7 Å². The summed E-state index contributed by atoms with van der Waals surface area (Å²) in [6.45, 7) is 5.19. The standard InChI is InChI=1S/C10H23NO/c1-4-9(5-2)6-7-10(11)8-12-3/h9-10H,4-8,11H2,1-3H3. The topological polar surface area (TPSA) is 35.2 Å². The second-order valence-electron chi connectivity index (χ2n) is 3.48. The molecule has 0 saturated heterocycles. The van der Waals surface area contributed by atoms with Gasteiger partial charge in [-0.15, -0.1) is 0 Å². The maximum absolute atomic E-state index is 5.82. The molecule has 0 radical (unpaired) electrons. The van der Waals surface area contributed by atoms with Gasteiger partial charge in [0.15, 0.2) is 0 Å². The molecule has 1 atom stereocenters. The van der Waals surface area contributed by atoms with Gasteiger partial charge in [-0.25, -0.2) is 0 Å². The lowest BCUT2D eigenvalue weighted by atomic mass is 9.95. The molecule has 0 aromatic rings. The zero-order valence-electron chi connectivity index (χ0n) is 8.68. The number of hydrogen-bond acceptors (Lipinski definition) is 2. The molecule has 0 aromatic heterocycles. The molecule has 0 aromatic carbocycles. The van der Waals surface area contributed by atoms with E-state index in [1.165, 1.54) is 19.3 Å². The van der Waals surface area contributed by atoms with Gasteiger partial charge >= 0.3 is 0 Å². The van der Waals surface area contributed by atoms with Crippen molar-refractivity contribution >= 4 is 0 Å². The van der Waals surface area contributed by atoms with E-state index in [4.69, 9.17) is 10.5 Å². The van der Waals surface area contributed by atoms with Crippen molar-refractivity contribution in [2.75, 3.05) is 13.7 Å². The minimum atomic E-state index is 0.232. The molecule has 0 rings (SSSR count). The molecule has 0 spiro atoms. The predicted octanol–water partition coefficient (Wildman–Crippen LogP) is 2.18. The lowest BCUT2D eigenvalue weighted by Gasteiger charge is -2.15. The number of rotatable bonds is 7. The lowest BCUT2D eigenvalue weighted by Crippen LogP contribution is -2.26. The third kappa shape index (κ3) is 5.56. The van der Waals surface area contributed by atoms with E-state index in [0.29, 0.717) is 6.61 Å². The van der Waals surface area contributed by atoms with E-state index in [0.717, 1.165) is 12.3 Å². The summed E-state index contributed by atoms with van der Waals surface area (Å²) in [5, 5.41) is 0. The molecule has 0 fully saturated rings. The third-order valence-electron chi connectivity index (χ3n) is 2.48. The van der Waals surface area contributed by atoms with Gasteiger partial charge in [0, 0.05) is 13.2 Å². The van der Waals surface area contributed by atoms with Crippen LogP contribution >= 0.6 is 0 Å². The highest BCUT2D eigenvalue weighted by Gasteiger charge is 2.07. The first-order valence-corrected chi connectivity index (χ1v) is 4.99. The summed E-state index contributed by atoms with van der Waals surface area (Å²) in [6.07, 6.45) is 4.89. The van der Waals surface area contributed by atoms with Crippen LogP contribution in [-0.2, 0) is 4.74 Å². The second kappa shape index (κ2) is 7.56. The maximum Gasteiger partial charge on any atom is 0.0613 e. The molecule has 2 N–H and O–H groups in total. The maximum atomic E-state index is 5.82. The molecule has 74 valence electrons. The summed E-state index contributed by atoms with van der Waals surface area (Å²) in [5.74, 6) is 0.855. The zero-order chi connectivity index (χ0) is 9.40. The van der Waals surface area contributed by atoms with Crippen LogP contribution in [0, 0.1) is 5.92 Å². The Bertz CT molecular complexity index is 91.8. The highest BCUT2D eigenvalue weighted by atomic mass is 16.5. The first-order valence-electron chi connectivity index (χ1n) is 4.99. The Balaban J connectivity index is 3.37. The number of hydrogen-bond donors (Lipinski definition) is 1. The molecule has 2 heteroatoms. The van der Waals surface area contributed by atoms with Crippen molar-refractivity contribution in [3.05, 3.63) is 0 Å². The fraction of sp³-hybridized carbons (Fsp3) is 1.00. The van der Waals surface area contributed by atoms with Gasteiger partial charge < -0.3 is 10.5 Å². The summed E-state index contributed by atoms with van der Waals surface area (Å²) < 4.78 is 4.98. The summed E-state index contributed by atoms with van der Waals surface area (Å²) in [5.41, 5.74) is 5.82. The van der Waals surface area contributed by atoms with Crippen molar-refractivity contribution in [2.45, 2.75) is 45.6 Å². The van der Waals surface area contributed by atoms with E-state index < -0.39 is 0 Å². The second-order valence-corrected chi connectivity index (χ2v) is 3.48. The fourth-order valence-electron chi connectivity index (χ4n) is 1.44. The summed E-state index contributed by atoms with van der Waals surface area (Å²) >= 11 is 0. The van der Waals surface area contributed by atoms with Gasteiger partial charge in [-0.2, -0.15) is 0 Å². The van der Waals surface area contributed by atoms with Gasteiger partial charge in [0.05, 0.1) is 6.61 Å². The van der Waals surface area contributed by atoms with Crippen molar-refractivity contribution in [1.82, 2.24) is 0 Å². The normalized spacial score (nSPS) is 13.8. The van der Waals surface area contributed by atoms with Crippen LogP contribution in [0.15, 0.2) is 0 Å². The smallest absolute Gasteiger partial charge is 0.0613 e. The molecule has 0 heterocycles. The van der Waals surface area contributed by atoms with Gasteiger partial charge in [0.2, 0.25) is 0 Å². The molecule has 0 aliphatic heterocycles. The Morgan fingerprint density at radius 3 is 2.17 bits per heavy atom. The monoisotopic (exact) mass is 173 g/mol. The summed E-state index contributed by atoms with van der Waals surface area (Å²) in [4.78, 5) is 0. The minimum Gasteiger partial charge on any atom is -0.383 e. The predicted molar refractivity (Wildman–Crippen MR) is 53.2 cm³/mol. The number of methoxy groups -OCH3 is 1. The molecule has 1 unspecified atom stereocenters. The van der Waals surface area contributed by atoms with Crippen LogP contribution in [0.1, 0.15) is 39.5 Å². The molecule has 0 bridgehead atoms. The van der Waals surface area contributed by atoms with E-state index in [2.05, 4.69) is 13.8 Å². The third-order valence-corrected chi connectivity index (χ3v) is 2.48. The van der Waals surface area contributed by atoms with Crippen molar-refractivity contribution in [3.8, 4) is 0 Å². The van der Waals surface area contributed by atoms with Crippen LogP contribution < -0.4 is 5.73 Å². The van der Waals surface area contributed by atoms with Crippen molar-refractivity contribution in [3.63, 3.8) is 0 Å². The Morgan fingerprint density at radius 2 is 1.75 bits per heavy atom. The average molecular weight is 173 g/mol. The fourth-order valence-corrected chi connectivity index (χ4v) is 1.44. The number of nitrogens with two attached hydrogens (primary N) is 1. The molecule has 0 aliphatic rings. The quantitative estimate of drug-likeness (QED) is 0.640. The minimum absolute atomic E-state index is 0.232. The highest BCUT2D eigenvalue weighted by Crippen LogP contribution is 2.15. The Kier molecular flexibility index (Phi) is 7.51. The van der Waals surface area contributed by atoms with E-state index in [-0.39, 0.29) is 6.04 Å². The van der Waals surface area contributed by atoms with Crippen molar-refractivity contribution < 1.29 is 4.74 Å². The van der Waals surface area contributed by atoms with Gasteiger partial charge in [0.1, 0.15) is 0 Å². The van der Waals surface area contributed by atoms with E-state index in [9.17, 15) is 0 Å². The average Bonchev–Trinajstić information content (AvgIpc) is 2.07. The largest absolute Gasteiger partial charge is 0.383 e. The molecule has 0 amide bonds. The first kappa shape index (κ1) is 11.9. The first-order chi connectivity index (χ1) is 5.74. The lowest BCUT2D eigenvalue weighted by molar-refractivity contribution is 0.173. The van der Waals surface area contributed by atoms with Crippen LogP contribution in [0.25, 0.3) is 0 Å². The molecule has 12 heavy (non-hydrogen) atoms. The zero-order valence-corrected chi connectivity index (χ0v) is 8.68. The van der Waals surface area contributed by atoms with Gasteiger partial charge in [0.25, 0.3) is 0 Å². The molecular formula is C10H23NO. The Labute approximate surface area is 76.5 Å². The Morgan fingerprint density at radius 1 is 1.17 bits per heavy atom. The van der Waals surface area contributed by atoms with Crippen LogP contribution in [0.4, 0.5) is 0 Å². The molecular weight excluding hydrogens is 150 g/mol. The van der Waals surface area contributed by atoms with E-state index >= 15 is 0 Å². The van der Waals surface area contributed by atoms with Crippen LogP contribution in [0.3, 0.4) is 0 Å². The number of ether oxygens (including phenoxy) is 1. The van der Waals surface area contributed by atoms with Crippen molar-refractivity contribution in [2.24, 2.45) is 11.7 Å². The van der Waals surface area contributed by atoms with E-state index in [1.54, 1.807) is 7.11 Å². The molecule has 2 nitrogen and oxygen atoms in total. The summed E-state index contributed by atoms with van der Waals surface area (Å²) in [7, 11) is 1.71. The van der Waals surface area contributed by atoms with Crippen LogP contribution in [-0.4, -0.2) is 19.8 Å². The van der Waals surface area contributed by atoms with Gasteiger partial charge in [-0.05, 0) is 18.8 Å². The van der Waals surface area contributed by atoms with Crippen LogP contribution in [0.2, 0.25) is 0 Å². The highest BCUT2D eigenvalue weighted by molar-refractivity contribution is 4.63. The molecule has 0 saturated carbocycles.